The van der Waals surface area contributed by atoms with Crippen LogP contribution >= 0.6 is 0 Å². The van der Waals surface area contributed by atoms with Crippen molar-refractivity contribution >= 4 is 5.91 Å². The zero-order chi connectivity index (χ0) is 13.5. The Morgan fingerprint density at radius 2 is 2.06 bits per heavy atom. The minimum Gasteiger partial charge on any atom is -0.508 e. The second-order valence-corrected chi connectivity index (χ2v) is 4.04. The Kier molecular flexibility index (Phi) is 5.61. The molecule has 1 atom stereocenters. The van der Waals surface area contributed by atoms with Crippen LogP contribution in [0, 0.1) is 0 Å². The van der Waals surface area contributed by atoms with Crippen LogP contribution in [0.15, 0.2) is 24.3 Å². The first-order valence-corrected chi connectivity index (χ1v) is 5.69. The number of nitrogens with one attached hydrogen (secondary N) is 1. The standard InChI is InChI=1S/C13H19NO4/c1-9(13(17-2)18-3)14-12(16)8-10-5-4-6-11(15)7-10/h4-7,9,13,15H,8H2,1-3H3,(H,14,16). The smallest absolute Gasteiger partial charge is 0.224 e. The van der Waals surface area contributed by atoms with Gasteiger partial charge in [0.05, 0.1) is 12.5 Å². The number of benzene rings is 1. The molecule has 5 nitrogen and oxygen atoms in total. The molecule has 1 rings (SSSR count). The van der Waals surface area contributed by atoms with E-state index in [-0.39, 0.29) is 24.1 Å². The molecule has 0 radical (unpaired) electrons. The van der Waals surface area contributed by atoms with E-state index in [1.165, 1.54) is 14.2 Å². The maximum atomic E-state index is 11.8. The van der Waals surface area contributed by atoms with Gasteiger partial charge in [-0.3, -0.25) is 4.79 Å². The Balaban J connectivity index is 2.51. The van der Waals surface area contributed by atoms with Crippen LogP contribution in [0.1, 0.15) is 12.5 Å². The van der Waals surface area contributed by atoms with Crippen molar-refractivity contribution < 1.29 is 19.4 Å². The Hall–Kier alpha value is -1.59. The molecule has 0 aromatic heterocycles. The number of ether oxygens (including phenoxy) is 2. The van der Waals surface area contributed by atoms with Crippen molar-refractivity contribution in [2.24, 2.45) is 0 Å². The fraction of sp³-hybridized carbons (Fsp3) is 0.462. The summed E-state index contributed by atoms with van der Waals surface area (Å²) in [6, 6.07) is 6.37. The molecular formula is C13H19NO4. The van der Waals surface area contributed by atoms with Gasteiger partial charge in [-0.25, -0.2) is 0 Å². The van der Waals surface area contributed by atoms with E-state index < -0.39 is 6.29 Å². The van der Waals surface area contributed by atoms with Crippen molar-refractivity contribution in [3.8, 4) is 5.75 Å². The molecule has 0 saturated heterocycles. The molecule has 0 fully saturated rings. The van der Waals surface area contributed by atoms with Crippen molar-refractivity contribution in [3.63, 3.8) is 0 Å². The summed E-state index contributed by atoms with van der Waals surface area (Å²) < 4.78 is 10.1. The molecule has 2 N–H and O–H groups in total. The summed E-state index contributed by atoms with van der Waals surface area (Å²) in [4.78, 5) is 11.8. The predicted octanol–water partition coefficient (Wildman–Crippen LogP) is 1.06. The maximum absolute atomic E-state index is 11.8. The lowest BCUT2D eigenvalue weighted by molar-refractivity contribution is -0.135. The van der Waals surface area contributed by atoms with Crippen molar-refractivity contribution in [2.75, 3.05) is 14.2 Å². The Bertz CT molecular complexity index is 390. The highest BCUT2D eigenvalue weighted by Gasteiger charge is 2.17. The first kappa shape index (κ1) is 14.5. The highest BCUT2D eigenvalue weighted by atomic mass is 16.7. The number of amides is 1. The molecule has 0 aliphatic carbocycles. The third kappa shape index (κ3) is 4.35. The van der Waals surface area contributed by atoms with E-state index in [2.05, 4.69) is 5.32 Å². The molecule has 1 amide bonds. The number of phenols is 1. The fourth-order valence-corrected chi connectivity index (χ4v) is 1.73. The summed E-state index contributed by atoms with van der Waals surface area (Å²) in [5.74, 6) is 0.00667. The largest absolute Gasteiger partial charge is 0.508 e. The Morgan fingerprint density at radius 1 is 1.39 bits per heavy atom. The molecule has 1 aromatic carbocycles. The molecule has 18 heavy (non-hydrogen) atoms. The van der Waals surface area contributed by atoms with Crippen LogP contribution in [0.2, 0.25) is 0 Å². The third-order valence-electron chi connectivity index (χ3n) is 2.54. The van der Waals surface area contributed by atoms with Gasteiger partial charge < -0.3 is 19.9 Å². The summed E-state index contributed by atoms with van der Waals surface area (Å²) in [7, 11) is 3.04. The topological polar surface area (TPSA) is 67.8 Å². The zero-order valence-electron chi connectivity index (χ0n) is 10.8. The van der Waals surface area contributed by atoms with E-state index in [0.717, 1.165) is 5.56 Å². The molecular weight excluding hydrogens is 234 g/mol. The van der Waals surface area contributed by atoms with Crippen molar-refractivity contribution in [1.82, 2.24) is 5.32 Å². The second kappa shape index (κ2) is 6.98. The van der Waals surface area contributed by atoms with Crippen LogP contribution in [0.3, 0.4) is 0 Å². The van der Waals surface area contributed by atoms with Crippen LogP contribution in [0.25, 0.3) is 0 Å². The molecule has 1 aromatic rings. The molecule has 0 aliphatic heterocycles. The van der Waals surface area contributed by atoms with Crippen molar-refractivity contribution in [1.29, 1.82) is 0 Å². The van der Waals surface area contributed by atoms with Crippen molar-refractivity contribution in [3.05, 3.63) is 29.8 Å². The quantitative estimate of drug-likeness (QED) is 0.744. The fourth-order valence-electron chi connectivity index (χ4n) is 1.73. The van der Waals surface area contributed by atoms with Crippen LogP contribution in [-0.4, -0.2) is 37.6 Å². The molecule has 100 valence electrons. The van der Waals surface area contributed by atoms with Crippen LogP contribution < -0.4 is 5.32 Å². The van der Waals surface area contributed by atoms with E-state index in [9.17, 15) is 9.90 Å². The van der Waals surface area contributed by atoms with E-state index in [4.69, 9.17) is 9.47 Å². The molecule has 0 saturated carbocycles. The summed E-state index contributed by atoms with van der Waals surface area (Å²) in [6.45, 7) is 1.80. The van der Waals surface area contributed by atoms with Gasteiger partial charge in [0.25, 0.3) is 0 Å². The van der Waals surface area contributed by atoms with Gasteiger partial charge in [-0.1, -0.05) is 12.1 Å². The van der Waals surface area contributed by atoms with Gasteiger partial charge in [0.1, 0.15) is 5.75 Å². The normalized spacial score (nSPS) is 12.4. The lowest BCUT2D eigenvalue weighted by Crippen LogP contribution is -2.43. The number of hydrogen-bond acceptors (Lipinski definition) is 4. The highest BCUT2D eigenvalue weighted by molar-refractivity contribution is 5.78. The first-order valence-electron chi connectivity index (χ1n) is 5.69. The maximum Gasteiger partial charge on any atom is 0.224 e. The van der Waals surface area contributed by atoms with Gasteiger partial charge >= 0.3 is 0 Å². The number of hydrogen-bond donors (Lipinski definition) is 2. The van der Waals surface area contributed by atoms with Gasteiger partial charge in [-0.2, -0.15) is 0 Å². The first-order chi connectivity index (χ1) is 8.56. The molecule has 0 bridgehead atoms. The van der Waals surface area contributed by atoms with Gasteiger partial charge in [0, 0.05) is 14.2 Å². The Labute approximate surface area is 107 Å². The molecule has 0 heterocycles. The number of aromatic hydroxyl groups is 1. The summed E-state index contributed by atoms with van der Waals surface area (Å²) in [6.07, 6.45) is -0.267. The van der Waals surface area contributed by atoms with E-state index in [1.54, 1.807) is 31.2 Å². The molecule has 0 aliphatic rings. The number of carbonyl (C=O) groups is 1. The Morgan fingerprint density at radius 3 is 2.61 bits per heavy atom. The van der Waals surface area contributed by atoms with Gasteiger partial charge in [-0.15, -0.1) is 0 Å². The molecule has 1 unspecified atom stereocenters. The molecule has 0 spiro atoms. The molecule has 5 heteroatoms. The van der Waals surface area contributed by atoms with Crippen LogP contribution in [-0.2, 0) is 20.7 Å². The van der Waals surface area contributed by atoms with Gasteiger partial charge in [-0.05, 0) is 24.6 Å². The van der Waals surface area contributed by atoms with Crippen molar-refractivity contribution in [2.45, 2.75) is 25.7 Å². The summed E-state index contributed by atoms with van der Waals surface area (Å²) in [5.41, 5.74) is 0.756. The van der Waals surface area contributed by atoms with Crippen LogP contribution in [0.4, 0.5) is 0 Å². The van der Waals surface area contributed by atoms with Gasteiger partial charge in [0.2, 0.25) is 5.91 Å². The minimum absolute atomic E-state index is 0.146. The van der Waals surface area contributed by atoms with Gasteiger partial charge in [0.15, 0.2) is 6.29 Å². The van der Waals surface area contributed by atoms with E-state index in [1.807, 2.05) is 0 Å². The highest BCUT2D eigenvalue weighted by Crippen LogP contribution is 2.11. The third-order valence-corrected chi connectivity index (χ3v) is 2.54. The number of carbonyl (C=O) groups excluding carboxylic acids is 1. The van der Waals surface area contributed by atoms with E-state index in [0.29, 0.717) is 0 Å². The summed E-state index contributed by atoms with van der Waals surface area (Å²) in [5, 5.41) is 12.1. The lowest BCUT2D eigenvalue weighted by atomic mass is 10.1. The predicted molar refractivity (Wildman–Crippen MR) is 67.2 cm³/mol. The average molecular weight is 253 g/mol. The number of rotatable bonds is 6. The second-order valence-electron chi connectivity index (χ2n) is 4.04. The monoisotopic (exact) mass is 253 g/mol. The minimum atomic E-state index is -0.474. The average Bonchev–Trinajstić information content (AvgIpc) is 2.30. The summed E-state index contributed by atoms with van der Waals surface area (Å²) >= 11 is 0. The number of phenolic OH excluding ortho intramolecular Hbond substituents is 1. The zero-order valence-corrected chi connectivity index (χ0v) is 10.8. The van der Waals surface area contributed by atoms with Crippen LogP contribution in [0.5, 0.6) is 5.75 Å². The number of methoxy groups -OCH3 is 2. The van der Waals surface area contributed by atoms with E-state index >= 15 is 0 Å². The lowest BCUT2D eigenvalue weighted by Gasteiger charge is -2.22. The SMILES string of the molecule is COC(OC)C(C)NC(=O)Cc1cccc(O)c1.